The fourth-order valence-electron chi connectivity index (χ4n) is 2.17. The van der Waals surface area contributed by atoms with E-state index in [2.05, 4.69) is 10.3 Å². The van der Waals surface area contributed by atoms with Crippen molar-refractivity contribution in [3.8, 4) is 0 Å². The van der Waals surface area contributed by atoms with E-state index in [-0.39, 0.29) is 12.1 Å². The predicted octanol–water partition coefficient (Wildman–Crippen LogP) is 2.15. The van der Waals surface area contributed by atoms with Gasteiger partial charge in [-0.25, -0.2) is 4.98 Å². The third-order valence-corrected chi connectivity index (χ3v) is 3.38. The molecule has 1 aliphatic rings. The maximum absolute atomic E-state index is 9.41. The lowest BCUT2D eigenvalue weighted by Crippen LogP contribution is -2.48. The van der Waals surface area contributed by atoms with Crippen molar-refractivity contribution >= 4 is 16.8 Å². The molecule has 4 heteroatoms. The molecule has 3 rings (SSSR count). The first-order chi connectivity index (χ1) is 7.83. The van der Waals surface area contributed by atoms with Gasteiger partial charge in [-0.05, 0) is 31.4 Å². The summed E-state index contributed by atoms with van der Waals surface area (Å²) in [7, 11) is 0. The summed E-state index contributed by atoms with van der Waals surface area (Å²) in [5, 5.41) is 13.7. The summed E-state index contributed by atoms with van der Waals surface area (Å²) in [5.41, 5.74) is 0.656. The van der Waals surface area contributed by atoms with E-state index in [1.807, 2.05) is 12.1 Å². The highest BCUT2D eigenvalue weighted by molar-refractivity contribution is 5.88. The summed E-state index contributed by atoms with van der Waals surface area (Å²) in [4.78, 5) is 4.31. The zero-order chi connectivity index (χ0) is 11.0. The molecule has 2 heterocycles. The second-order valence-corrected chi connectivity index (χ2v) is 4.41. The maximum Gasteiger partial charge on any atom is 0.139 e. The molecule has 0 aliphatic heterocycles. The smallest absolute Gasteiger partial charge is 0.139 e. The summed E-state index contributed by atoms with van der Waals surface area (Å²) in [6.07, 6.45) is 6.54. The Balaban J connectivity index is 1.96. The number of nitrogens with one attached hydrogen (secondary N) is 1. The lowest BCUT2D eigenvalue weighted by Gasteiger charge is -2.41. The van der Waals surface area contributed by atoms with Gasteiger partial charge in [-0.2, -0.15) is 0 Å². The quantitative estimate of drug-likeness (QED) is 0.828. The SMILES string of the molecule is OCC1(Nc2nccc3occc23)CCC1. The van der Waals surface area contributed by atoms with Gasteiger partial charge < -0.3 is 14.8 Å². The van der Waals surface area contributed by atoms with Crippen LogP contribution in [0.15, 0.2) is 29.0 Å². The molecule has 2 N–H and O–H groups in total. The van der Waals surface area contributed by atoms with Crippen LogP contribution in [0.3, 0.4) is 0 Å². The Kier molecular flexibility index (Phi) is 2.11. The maximum atomic E-state index is 9.41. The van der Waals surface area contributed by atoms with Crippen molar-refractivity contribution in [2.75, 3.05) is 11.9 Å². The number of hydrogen-bond donors (Lipinski definition) is 2. The molecular weight excluding hydrogens is 204 g/mol. The summed E-state index contributed by atoms with van der Waals surface area (Å²) in [6.45, 7) is 0.156. The van der Waals surface area contributed by atoms with Gasteiger partial charge in [-0.1, -0.05) is 0 Å². The Labute approximate surface area is 93.3 Å². The molecule has 0 unspecified atom stereocenters. The van der Waals surface area contributed by atoms with Gasteiger partial charge in [0.15, 0.2) is 0 Å². The Hall–Kier alpha value is -1.55. The first-order valence-electron chi connectivity index (χ1n) is 5.54. The Bertz CT molecular complexity index is 497. The van der Waals surface area contributed by atoms with Gasteiger partial charge in [0.05, 0.1) is 23.8 Å². The van der Waals surface area contributed by atoms with Gasteiger partial charge in [0.2, 0.25) is 0 Å². The average Bonchev–Trinajstić information content (AvgIpc) is 2.72. The first kappa shape index (κ1) is 9.66. The molecule has 0 bridgehead atoms. The minimum atomic E-state index is -0.168. The molecule has 1 aliphatic carbocycles. The minimum Gasteiger partial charge on any atom is -0.464 e. The number of fused-ring (bicyclic) bond motifs is 1. The van der Waals surface area contributed by atoms with Crippen molar-refractivity contribution in [1.82, 2.24) is 4.98 Å². The van der Waals surface area contributed by atoms with Gasteiger partial charge in [0.1, 0.15) is 11.4 Å². The van der Waals surface area contributed by atoms with E-state index >= 15 is 0 Å². The second-order valence-electron chi connectivity index (χ2n) is 4.41. The van der Waals surface area contributed by atoms with E-state index in [0.29, 0.717) is 0 Å². The fraction of sp³-hybridized carbons (Fsp3) is 0.417. The molecule has 0 amide bonds. The second kappa shape index (κ2) is 3.49. The molecule has 0 aromatic carbocycles. The first-order valence-corrected chi connectivity index (χ1v) is 5.54. The summed E-state index contributed by atoms with van der Waals surface area (Å²) < 4.78 is 5.32. The van der Waals surface area contributed by atoms with Crippen molar-refractivity contribution in [3.63, 3.8) is 0 Å². The Morgan fingerprint density at radius 2 is 2.31 bits per heavy atom. The molecule has 1 fully saturated rings. The molecular formula is C12H14N2O2. The van der Waals surface area contributed by atoms with Gasteiger partial charge in [0.25, 0.3) is 0 Å². The van der Waals surface area contributed by atoms with Gasteiger partial charge in [0, 0.05) is 6.20 Å². The topological polar surface area (TPSA) is 58.3 Å². The van der Waals surface area contributed by atoms with Crippen LogP contribution in [0.2, 0.25) is 0 Å². The van der Waals surface area contributed by atoms with E-state index in [0.717, 1.165) is 36.0 Å². The van der Waals surface area contributed by atoms with Crippen LogP contribution in [0.4, 0.5) is 5.82 Å². The van der Waals surface area contributed by atoms with Gasteiger partial charge in [-0.3, -0.25) is 0 Å². The number of pyridine rings is 1. The van der Waals surface area contributed by atoms with Crippen LogP contribution in [0.5, 0.6) is 0 Å². The fourth-order valence-corrected chi connectivity index (χ4v) is 2.17. The molecule has 0 atom stereocenters. The zero-order valence-electron chi connectivity index (χ0n) is 8.94. The standard InChI is InChI=1S/C12H14N2O2/c15-8-12(4-1-5-12)14-11-9-3-7-16-10(9)2-6-13-11/h2-3,6-7,15H,1,4-5,8H2,(H,13,14). The molecule has 4 nitrogen and oxygen atoms in total. The lowest BCUT2D eigenvalue weighted by molar-refractivity contribution is 0.144. The van der Waals surface area contributed by atoms with E-state index < -0.39 is 0 Å². The number of anilines is 1. The number of furan rings is 1. The van der Waals surface area contributed by atoms with Crippen LogP contribution in [0.1, 0.15) is 19.3 Å². The summed E-state index contributed by atoms with van der Waals surface area (Å²) in [5.74, 6) is 0.806. The van der Waals surface area contributed by atoms with Crippen LogP contribution in [0.25, 0.3) is 11.0 Å². The summed E-state index contributed by atoms with van der Waals surface area (Å²) >= 11 is 0. The third-order valence-electron chi connectivity index (χ3n) is 3.38. The van der Waals surface area contributed by atoms with Crippen LogP contribution < -0.4 is 5.32 Å². The number of hydrogen-bond acceptors (Lipinski definition) is 4. The van der Waals surface area contributed by atoms with E-state index in [9.17, 15) is 5.11 Å². The highest BCUT2D eigenvalue weighted by Gasteiger charge is 2.36. The monoisotopic (exact) mass is 218 g/mol. The average molecular weight is 218 g/mol. The van der Waals surface area contributed by atoms with Crippen LogP contribution in [-0.4, -0.2) is 22.2 Å². The number of rotatable bonds is 3. The molecule has 2 aromatic rings. The number of aliphatic hydroxyl groups excluding tert-OH is 1. The zero-order valence-corrected chi connectivity index (χ0v) is 8.94. The predicted molar refractivity (Wildman–Crippen MR) is 61.3 cm³/mol. The van der Waals surface area contributed by atoms with Crippen LogP contribution in [0, 0.1) is 0 Å². The minimum absolute atomic E-state index is 0.156. The Morgan fingerprint density at radius 3 is 3.00 bits per heavy atom. The lowest BCUT2D eigenvalue weighted by atomic mass is 9.77. The normalized spacial score (nSPS) is 18.3. The van der Waals surface area contributed by atoms with Crippen molar-refractivity contribution in [1.29, 1.82) is 0 Å². The van der Waals surface area contributed by atoms with E-state index in [4.69, 9.17) is 4.42 Å². The highest BCUT2D eigenvalue weighted by Crippen LogP contribution is 2.36. The molecule has 0 spiro atoms. The van der Waals surface area contributed by atoms with Crippen molar-refractivity contribution in [3.05, 3.63) is 24.6 Å². The van der Waals surface area contributed by atoms with Crippen molar-refractivity contribution in [2.24, 2.45) is 0 Å². The van der Waals surface area contributed by atoms with Crippen LogP contribution >= 0.6 is 0 Å². The highest BCUT2D eigenvalue weighted by atomic mass is 16.3. The molecule has 2 aromatic heterocycles. The third kappa shape index (κ3) is 1.38. The van der Waals surface area contributed by atoms with Crippen molar-refractivity contribution in [2.45, 2.75) is 24.8 Å². The van der Waals surface area contributed by atoms with Gasteiger partial charge in [-0.15, -0.1) is 0 Å². The molecule has 16 heavy (non-hydrogen) atoms. The Morgan fingerprint density at radius 1 is 1.44 bits per heavy atom. The molecule has 0 radical (unpaired) electrons. The number of aliphatic hydroxyl groups is 1. The molecule has 0 saturated heterocycles. The van der Waals surface area contributed by atoms with Gasteiger partial charge >= 0.3 is 0 Å². The van der Waals surface area contributed by atoms with Crippen molar-refractivity contribution < 1.29 is 9.52 Å². The van der Waals surface area contributed by atoms with E-state index in [1.165, 1.54) is 0 Å². The van der Waals surface area contributed by atoms with E-state index in [1.54, 1.807) is 12.5 Å². The largest absolute Gasteiger partial charge is 0.464 e. The molecule has 84 valence electrons. The summed E-state index contributed by atoms with van der Waals surface area (Å²) in [6, 6.07) is 3.74. The molecule has 1 saturated carbocycles. The number of nitrogens with zero attached hydrogens (tertiary/aromatic N) is 1. The number of aromatic nitrogens is 1. The van der Waals surface area contributed by atoms with Crippen LogP contribution in [-0.2, 0) is 0 Å².